The van der Waals surface area contributed by atoms with Crippen LogP contribution in [0.4, 0.5) is 0 Å². The summed E-state index contributed by atoms with van der Waals surface area (Å²) in [5.74, 6) is 12.0. The van der Waals surface area contributed by atoms with Crippen molar-refractivity contribution >= 4 is 0 Å². The number of hydrogen-bond acceptors (Lipinski definition) is 1. The largest absolute Gasteiger partial charge is 0.341 e. The molecule has 1 aromatic heterocycles. The molecule has 0 fully saturated rings. The highest BCUT2D eigenvalue weighted by Gasteiger charge is 1.94. The molecule has 0 spiro atoms. The summed E-state index contributed by atoms with van der Waals surface area (Å²) in [6.07, 6.45) is 0. The zero-order valence-corrected chi connectivity index (χ0v) is 12.3. The van der Waals surface area contributed by atoms with Gasteiger partial charge in [0.1, 0.15) is 0 Å². The molecule has 1 N–H and O–H groups in total. The third-order valence-corrected chi connectivity index (χ3v) is 3.07. The molecular formula is C21H13NO. The monoisotopic (exact) mass is 295 g/mol. The van der Waals surface area contributed by atoms with Crippen LogP contribution in [-0.4, -0.2) is 4.98 Å². The Morgan fingerprint density at radius 1 is 0.609 bits per heavy atom. The van der Waals surface area contributed by atoms with E-state index in [0.29, 0.717) is 11.4 Å². The van der Waals surface area contributed by atoms with Gasteiger partial charge in [-0.15, -0.1) is 0 Å². The van der Waals surface area contributed by atoms with Crippen LogP contribution in [0.15, 0.2) is 77.6 Å². The second-order valence-electron chi connectivity index (χ2n) is 4.88. The third kappa shape index (κ3) is 4.24. The fourth-order valence-electron chi connectivity index (χ4n) is 2.00. The molecular weight excluding hydrogens is 282 g/mol. The number of hydrogen-bond donors (Lipinski definition) is 1. The number of aromatic amines is 1. The number of H-pyrrole nitrogens is 1. The van der Waals surface area contributed by atoms with Crippen molar-refractivity contribution in [2.45, 2.75) is 0 Å². The van der Waals surface area contributed by atoms with Gasteiger partial charge in [0.15, 0.2) is 5.43 Å². The Morgan fingerprint density at radius 2 is 1.04 bits per heavy atom. The molecule has 3 rings (SSSR count). The van der Waals surface area contributed by atoms with Gasteiger partial charge in [0, 0.05) is 23.3 Å². The molecule has 2 aromatic carbocycles. The second-order valence-corrected chi connectivity index (χ2v) is 4.88. The summed E-state index contributed by atoms with van der Waals surface area (Å²) < 4.78 is 0. The van der Waals surface area contributed by atoms with E-state index in [1.807, 2.05) is 60.7 Å². The van der Waals surface area contributed by atoms with Crippen LogP contribution in [0.3, 0.4) is 0 Å². The first kappa shape index (κ1) is 14.4. The van der Waals surface area contributed by atoms with Crippen molar-refractivity contribution in [3.8, 4) is 23.7 Å². The van der Waals surface area contributed by atoms with Gasteiger partial charge in [-0.2, -0.15) is 0 Å². The molecule has 0 amide bonds. The normalized spacial score (nSPS) is 9.22. The highest BCUT2D eigenvalue weighted by atomic mass is 16.1. The van der Waals surface area contributed by atoms with Crippen molar-refractivity contribution in [3.63, 3.8) is 0 Å². The van der Waals surface area contributed by atoms with Gasteiger partial charge in [0.2, 0.25) is 0 Å². The second kappa shape index (κ2) is 6.98. The first-order chi connectivity index (χ1) is 11.3. The fourth-order valence-corrected chi connectivity index (χ4v) is 2.00. The highest BCUT2D eigenvalue weighted by molar-refractivity contribution is 5.43. The van der Waals surface area contributed by atoms with Crippen LogP contribution in [0.2, 0.25) is 0 Å². The highest BCUT2D eigenvalue weighted by Crippen LogP contribution is 1.99. The number of pyridine rings is 1. The van der Waals surface area contributed by atoms with Crippen molar-refractivity contribution in [2.24, 2.45) is 0 Å². The topological polar surface area (TPSA) is 32.9 Å². The van der Waals surface area contributed by atoms with Crippen LogP contribution in [0.1, 0.15) is 22.5 Å². The first-order valence-corrected chi connectivity index (χ1v) is 7.18. The summed E-state index contributed by atoms with van der Waals surface area (Å²) >= 11 is 0. The minimum Gasteiger partial charge on any atom is -0.341 e. The molecule has 0 atom stereocenters. The summed E-state index contributed by atoms with van der Waals surface area (Å²) in [7, 11) is 0. The Bertz CT molecular complexity index is 899. The lowest BCUT2D eigenvalue weighted by molar-refractivity contribution is 1.23. The molecule has 0 unspecified atom stereocenters. The maximum Gasteiger partial charge on any atom is 0.184 e. The van der Waals surface area contributed by atoms with Gasteiger partial charge in [-0.3, -0.25) is 4.79 Å². The van der Waals surface area contributed by atoms with E-state index in [1.54, 1.807) is 0 Å². The van der Waals surface area contributed by atoms with Gasteiger partial charge in [0.25, 0.3) is 0 Å². The van der Waals surface area contributed by atoms with Gasteiger partial charge in [-0.25, -0.2) is 0 Å². The van der Waals surface area contributed by atoms with Crippen molar-refractivity contribution in [2.75, 3.05) is 0 Å². The van der Waals surface area contributed by atoms with E-state index in [2.05, 4.69) is 28.7 Å². The SMILES string of the molecule is O=c1cc(C#Cc2ccccc2)[nH]c(C#Cc2ccccc2)c1. The molecule has 0 aliphatic carbocycles. The van der Waals surface area contributed by atoms with Crippen LogP contribution in [0.5, 0.6) is 0 Å². The van der Waals surface area contributed by atoms with E-state index in [9.17, 15) is 4.79 Å². The van der Waals surface area contributed by atoms with Gasteiger partial charge < -0.3 is 4.98 Å². The Hall–Kier alpha value is -3.49. The molecule has 3 aromatic rings. The summed E-state index contributed by atoms with van der Waals surface area (Å²) in [5, 5.41) is 0. The predicted octanol–water partition coefficient (Wildman–Crippen LogP) is 3.17. The van der Waals surface area contributed by atoms with Gasteiger partial charge in [-0.1, -0.05) is 48.2 Å². The Labute approximate surface area is 134 Å². The lowest BCUT2D eigenvalue weighted by Gasteiger charge is -1.94. The van der Waals surface area contributed by atoms with Gasteiger partial charge in [0.05, 0.1) is 11.4 Å². The molecule has 0 saturated carbocycles. The average molecular weight is 295 g/mol. The predicted molar refractivity (Wildman–Crippen MR) is 91.9 cm³/mol. The number of rotatable bonds is 0. The summed E-state index contributed by atoms with van der Waals surface area (Å²) in [5.41, 5.74) is 2.79. The summed E-state index contributed by atoms with van der Waals surface area (Å²) in [6, 6.07) is 22.2. The molecule has 0 radical (unpaired) electrons. The zero-order chi connectivity index (χ0) is 15.9. The Kier molecular flexibility index (Phi) is 4.39. The molecule has 2 heteroatoms. The summed E-state index contributed by atoms with van der Waals surface area (Å²) in [6.45, 7) is 0. The minimum absolute atomic E-state index is 0.113. The Balaban J connectivity index is 1.90. The van der Waals surface area contributed by atoms with E-state index in [1.165, 1.54) is 12.1 Å². The van der Waals surface area contributed by atoms with Crippen LogP contribution in [0, 0.1) is 23.7 Å². The third-order valence-electron chi connectivity index (χ3n) is 3.07. The van der Waals surface area contributed by atoms with E-state index in [0.717, 1.165) is 11.1 Å². The molecule has 0 saturated heterocycles. The van der Waals surface area contributed by atoms with Gasteiger partial charge in [-0.05, 0) is 36.1 Å². The van der Waals surface area contributed by atoms with E-state index in [-0.39, 0.29) is 5.43 Å². The molecule has 1 heterocycles. The van der Waals surface area contributed by atoms with E-state index >= 15 is 0 Å². The van der Waals surface area contributed by atoms with E-state index < -0.39 is 0 Å². The molecule has 108 valence electrons. The molecule has 23 heavy (non-hydrogen) atoms. The standard InChI is InChI=1S/C21H13NO/c23-21-15-19(13-11-17-7-3-1-4-8-17)22-20(16-21)14-12-18-9-5-2-6-10-18/h1-10,15-16H,(H,22,23). The van der Waals surface area contributed by atoms with Crippen molar-refractivity contribution in [1.82, 2.24) is 4.98 Å². The number of benzene rings is 2. The van der Waals surface area contributed by atoms with Crippen LogP contribution < -0.4 is 5.43 Å². The van der Waals surface area contributed by atoms with E-state index in [4.69, 9.17) is 0 Å². The van der Waals surface area contributed by atoms with Crippen LogP contribution in [0.25, 0.3) is 0 Å². The fraction of sp³-hybridized carbons (Fsp3) is 0. The van der Waals surface area contributed by atoms with Crippen LogP contribution >= 0.6 is 0 Å². The number of nitrogens with one attached hydrogen (secondary N) is 1. The first-order valence-electron chi connectivity index (χ1n) is 7.18. The zero-order valence-electron chi connectivity index (χ0n) is 12.3. The quantitative estimate of drug-likeness (QED) is 0.635. The average Bonchev–Trinajstić information content (AvgIpc) is 2.60. The minimum atomic E-state index is -0.113. The lowest BCUT2D eigenvalue weighted by Crippen LogP contribution is -2.02. The molecule has 0 aliphatic rings. The van der Waals surface area contributed by atoms with Crippen molar-refractivity contribution in [3.05, 3.63) is 106 Å². The molecule has 0 aliphatic heterocycles. The molecule has 0 bridgehead atoms. The van der Waals surface area contributed by atoms with Crippen LogP contribution in [-0.2, 0) is 0 Å². The Morgan fingerprint density at radius 3 is 1.48 bits per heavy atom. The van der Waals surface area contributed by atoms with Gasteiger partial charge >= 0.3 is 0 Å². The molecule has 2 nitrogen and oxygen atoms in total. The lowest BCUT2D eigenvalue weighted by atomic mass is 10.2. The number of aromatic nitrogens is 1. The maximum atomic E-state index is 11.8. The summed E-state index contributed by atoms with van der Waals surface area (Å²) in [4.78, 5) is 14.9. The smallest absolute Gasteiger partial charge is 0.184 e. The van der Waals surface area contributed by atoms with Crippen molar-refractivity contribution in [1.29, 1.82) is 0 Å². The maximum absolute atomic E-state index is 11.8. The van der Waals surface area contributed by atoms with Crippen molar-refractivity contribution < 1.29 is 0 Å².